The molecule has 1 saturated heterocycles. The van der Waals surface area contributed by atoms with Gasteiger partial charge >= 0.3 is 0 Å². The van der Waals surface area contributed by atoms with Gasteiger partial charge in [-0.25, -0.2) is 0 Å². The Hall–Kier alpha value is -1.07. The van der Waals surface area contributed by atoms with Crippen molar-refractivity contribution in [3.63, 3.8) is 0 Å². The standard InChI is InChI=1S/C13H17BrN2O2/c1-18-13-3-2-10(8-12(13)14)9-16-6-4-11(15-17)5-7-16/h2-3,8,17H,4-7,9H2,1H3. The summed E-state index contributed by atoms with van der Waals surface area (Å²) in [5.74, 6) is 0.854. The van der Waals surface area contributed by atoms with Gasteiger partial charge in [-0.1, -0.05) is 11.2 Å². The smallest absolute Gasteiger partial charge is 0.133 e. The highest BCUT2D eigenvalue weighted by molar-refractivity contribution is 9.10. The molecule has 0 aromatic heterocycles. The number of benzene rings is 1. The Morgan fingerprint density at radius 2 is 2.11 bits per heavy atom. The molecule has 0 unspecified atom stereocenters. The van der Waals surface area contributed by atoms with E-state index in [0.29, 0.717) is 0 Å². The van der Waals surface area contributed by atoms with E-state index in [-0.39, 0.29) is 0 Å². The zero-order valence-corrected chi connectivity index (χ0v) is 12.0. The van der Waals surface area contributed by atoms with Crippen LogP contribution in [0.3, 0.4) is 0 Å². The highest BCUT2D eigenvalue weighted by Gasteiger charge is 2.15. The van der Waals surface area contributed by atoms with Crippen LogP contribution in [0.1, 0.15) is 18.4 Å². The van der Waals surface area contributed by atoms with E-state index in [4.69, 9.17) is 9.94 Å². The molecule has 1 aromatic carbocycles. The molecular formula is C13H17BrN2O2. The van der Waals surface area contributed by atoms with E-state index >= 15 is 0 Å². The summed E-state index contributed by atoms with van der Waals surface area (Å²) in [7, 11) is 1.67. The summed E-state index contributed by atoms with van der Waals surface area (Å²) in [5.41, 5.74) is 2.16. The Balaban J connectivity index is 1.96. The first kappa shape index (κ1) is 13.4. The van der Waals surface area contributed by atoms with Crippen LogP contribution < -0.4 is 4.74 Å². The predicted molar refractivity (Wildman–Crippen MR) is 74.4 cm³/mol. The van der Waals surface area contributed by atoms with E-state index in [9.17, 15) is 0 Å². The normalized spacial score (nSPS) is 16.7. The van der Waals surface area contributed by atoms with Gasteiger partial charge in [0.15, 0.2) is 0 Å². The lowest BCUT2D eigenvalue weighted by atomic mass is 10.1. The van der Waals surface area contributed by atoms with Crippen LogP contribution in [-0.4, -0.2) is 36.0 Å². The second-order valence-electron chi connectivity index (χ2n) is 4.41. The lowest BCUT2D eigenvalue weighted by molar-refractivity contribution is 0.256. The molecule has 0 aliphatic carbocycles. The van der Waals surface area contributed by atoms with Gasteiger partial charge in [-0.05, 0) is 33.6 Å². The molecule has 0 spiro atoms. The van der Waals surface area contributed by atoms with Crippen LogP contribution in [0, 0.1) is 0 Å². The molecule has 1 heterocycles. The number of piperidine rings is 1. The number of rotatable bonds is 3. The zero-order valence-electron chi connectivity index (χ0n) is 10.4. The fourth-order valence-corrected chi connectivity index (χ4v) is 2.72. The van der Waals surface area contributed by atoms with Crippen LogP contribution in [0.2, 0.25) is 0 Å². The molecule has 18 heavy (non-hydrogen) atoms. The van der Waals surface area contributed by atoms with Gasteiger partial charge in [-0.15, -0.1) is 0 Å². The highest BCUT2D eigenvalue weighted by Crippen LogP contribution is 2.26. The topological polar surface area (TPSA) is 45.1 Å². The van der Waals surface area contributed by atoms with E-state index in [0.717, 1.165) is 48.4 Å². The van der Waals surface area contributed by atoms with Crippen molar-refractivity contribution in [2.45, 2.75) is 19.4 Å². The van der Waals surface area contributed by atoms with Gasteiger partial charge in [0.25, 0.3) is 0 Å². The highest BCUT2D eigenvalue weighted by atomic mass is 79.9. The third-order valence-corrected chi connectivity index (χ3v) is 3.82. The van der Waals surface area contributed by atoms with Crippen molar-refractivity contribution in [1.29, 1.82) is 0 Å². The van der Waals surface area contributed by atoms with Crippen LogP contribution in [0.5, 0.6) is 5.75 Å². The monoisotopic (exact) mass is 312 g/mol. The molecule has 1 aliphatic heterocycles. The average Bonchev–Trinajstić information content (AvgIpc) is 2.40. The van der Waals surface area contributed by atoms with Gasteiger partial charge in [0, 0.05) is 32.5 Å². The van der Waals surface area contributed by atoms with Crippen molar-refractivity contribution in [2.75, 3.05) is 20.2 Å². The minimum absolute atomic E-state index is 0.854. The first-order valence-electron chi connectivity index (χ1n) is 5.97. The van der Waals surface area contributed by atoms with Gasteiger partial charge in [0.05, 0.1) is 17.3 Å². The van der Waals surface area contributed by atoms with E-state index < -0.39 is 0 Å². The van der Waals surface area contributed by atoms with Crippen LogP contribution in [-0.2, 0) is 6.54 Å². The van der Waals surface area contributed by atoms with Crippen LogP contribution in [0.25, 0.3) is 0 Å². The van der Waals surface area contributed by atoms with Gasteiger partial charge in [0.1, 0.15) is 5.75 Å². The largest absolute Gasteiger partial charge is 0.496 e. The number of hydrogen-bond donors (Lipinski definition) is 1. The number of oxime groups is 1. The molecule has 1 aliphatic rings. The molecule has 1 N–H and O–H groups in total. The fraction of sp³-hybridized carbons (Fsp3) is 0.462. The van der Waals surface area contributed by atoms with Crippen molar-refractivity contribution in [3.05, 3.63) is 28.2 Å². The molecule has 1 fully saturated rings. The Bertz CT molecular complexity index is 439. The third-order valence-electron chi connectivity index (χ3n) is 3.20. The Morgan fingerprint density at radius 3 is 2.67 bits per heavy atom. The van der Waals surface area contributed by atoms with Crippen molar-refractivity contribution >= 4 is 21.6 Å². The first-order chi connectivity index (χ1) is 8.72. The fourth-order valence-electron chi connectivity index (χ4n) is 2.14. The Kier molecular flexibility index (Phi) is 4.60. The van der Waals surface area contributed by atoms with Crippen molar-refractivity contribution in [3.8, 4) is 5.75 Å². The van der Waals surface area contributed by atoms with Crippen LogP contribution in [0.15, 0.2) is 27.8 Å². The molecular weight excluding hydrogens is 296 g/mol. The Morgan fingerprint density at radius 1 is 1.39 bits per heavy atom. The van der Waals surface area contributed by atoms with Crippen LogP contribution in [0.4, 0.5) is 0 Å². The van der Waals surface area contributed by atoms with Crippen molar-refractivity contribution in [1.82, 2.24) is 4.90 Å². The van der Waals surface area contributed by atoms with Gasteiger partial charge < -0.3 is 9.94 Å². The molecule has 0 bridgehead atoms. The van der Waals surface area contributed by atoms with Gasteiger partial charge in [-0.3, -0.25) is 4.90 Å². The van der Waals surface area contributed by atoms with Crippen molar-refractivity contribution in [2.24, 2.45) is 5.16 Å². The molecule has 0 saturated carbocycles. The number of ether oxygens (including phenoxy) is 1. The summed E-state index contributed by atoms with van der Waals surface area (Å²) >= 11 is 3.50. The average molecular weight is 313 g/mol. The molecule has 98 valence electrons. The number of halogens is 1. The molecule has 5 heteroatoms. The minimum atomic E-state index is 0.854. The summed E-state index contributed by atoms with van der Waals surface area (Å²) in [6, 6.07) is 6.15. The third kappa shape index (κ3) is 3.23. The predicted octanol–water partition coefficient (Wildman–Crippen LogP) is 2.88. The van der Waals surface area contributed by atoms with Crippen molar-refractivity contribution < 1.29 is 9.94 Å². The van der Waals surface area contributed by atoms with Gasteiger partial charge in [0.2, 0.25) is 0 Å². The summed E-state index contributed by atoms with van der Waals surface area (Å²) < 4.78 is 6.20. The molecule has 2 rings (SSSR count). The van der Waals surface area contributed by atoms with Crippen LogP contribution >= 0.6 is 15.9 Å². The van der Waals surface area contributed by atoms with E-state index in [2.05, 4.69) is 38.1 Å². The molecule has 1 aromatic rings. The van der Waals surface area contributed by atoms with E-state index in [1.165, 1.54) is 5.56 Å². The second-order valence-corrected chi connectivity index (χ2v) is 5.27. The van der Waals surface area contributed by atoms with E-state index in [1.807, 2.05) is 6.07 Å². The summed E-state index contributed by atoms with van der Waals surface area (Å²) in [4.78, 5) is 2.36. The number of nitrogens with zero attached hydrogens (tertiary/aromatic N) is 2. The molecule has 0 radical (unpaired) electrons. The Labute approximate surface area is 115 Å². The number of likely N-dealkylation sites (tertiary alicyclic amines) is 1. The summed E-state index contributed by atoms with van der Waals surface area (Å²) in [5, 5.41) is 12.0. The maximum Gasteiger partial charge on any atom is 0.133 e. The lowest BCUT2D eigenvalue weighted by Gasteiger charge is -2.27. The number of hydrogen-bond acceptors (Lipinski definition) is 4. The number of methoxy groups -OCH3 is 1. The first-order valence-corrected chi connectivity index (χ1v) is 6.77. The summed E-state index contributed by atoms with van der Waals surface area (Å²) in [6.07, 6.45) is 1.71. The maximum absolute atomic E-state index is 8.71. The summed E-state index contributed by atoms with van der Waals surface area (Å²) in [6.45, 7) is 2.81. The quantitative estimate of drug-likeness (QED) is 0.689. The molecule has 4 nitrogen and oxygen atoms in total. The molecule has 0 atom stereocenters. The zero-order chi connectivity index (χ0) is 13.0. The molecule has 0 amide bonds. The second kappa shape index (κ2) is 6.20. The minimum Gasteiger partial charge on any atom is -0.496 e. The lowest BCUT2D eigenvalue weighted by Crippen LogP contribution is -2.33. The van der Waals surface area contributed by atoms with Gasteiger partial charge in [-0.2, -0.15) is 0 Å². The maximum atomic E-state index is 8.71. The van der Waals surface area contributed by atoms with E-state index in [1.54, 1.807) is 7.11 Å². The SMILES string of the molecule is COc1ccc(CN2CCC(=NO)CC2)cc1Br.